The Balaban J connectivity index is 1.32. The van der Waals surface area contributed by atoms with Crippen molar-refractivity contribution in [3.05, 3.63) is 58.5 Å². The number of ether oxygens (including phenoxy) is 1. The van der Waals surface area contributed by atoms with E-state index in [4.69, 9.17) is 4.74 Å². The molecule has 0 atom stereocenters. The molecule has 0 bridgehead atoms. The van der Waals surface area contributed by atoms with Gasteiger partial charge in [0.15, 0.2) is 18.2 Å². The molecule has 28 heavy (non-hydrogen) atoms. The van der Waals surface area contributed by atoms with Gasteiger partial charge in [0.25, 0.3) is 5.91 Å². The van der Waals surface area contributed by atoms with Crippen LogP contribution in [0.25, 0.3) is 11.0 Å². The molecule has 3 aromatic rings. The van der Waals surface area contributed by atoms with Crippen molar-refractivity contribution >= 4 is 22.6 Å². The highest BCUT2D eigenvalue weighted by Crippen LogP contribution is 2.20. The number of fused-ring (bicyclic) bond motifs is 1. The van der Waals surface area contributed by atoms with Gasteiger partial charge >= 0.3 is 5.69 Å². The second-order valence-corrected chi connectivity index (χ2v) is 6.54. The van der Waals surface area contributed by atoms with Gasteiger partial charge in [0, 0.05) is 44.0 Å². The van der Waals surface area contributed by atoms with E-state index in [-0.39, 0.29) is 18.2 Å². The van der Waals surface area contributed by atoms with Crippen LogP contribution in [0.5, 0.6) is 5.75 Å². The molecule has 1 aliphatic heterocycles. The van der Waals surface area contributed by atoms with Crippen molar-refractivity contribution in [3.63, 3.8) is 0 Å². The van der Waals surface area contributed by atoms with Crippen molar-refractivity contribution in [3.8, 4) is 5.75 Å². The molecule has 1 fully saturated rings. The van der Waals surface area contributed by atoms with Crippen molar-refractivity contribution < 1.29 is 18.3 Å². The average Bonchev–Trinajstić information content (AvgIpc) is 3.07. The number of carbonyl (C=O) groups excluding carboxylic acids is 1. The van der Waals surface area contributed by atoms with Gasteiger partial charge in [0.05, 0.1) is 11.0 Å². The summed E-state index contributed by atoms with van der Waals surface area (Å²) in [6, 6.07) is 8.83. The molecule has 9 heteroatoms. The summed E-state index contributed by atoms with van der Waals surface area (Å²) >= 11 is 0. The van der Waals surface area contributed by atoms with Crippen LogP contribution >= 0.6 is 0 Å². The molecular weight excluding hydrogens is 370 g/mol. The van der Waals surface area contributed by atoms with E-state index in [0.717, 1.165) is 12.1 Å². The molecule has 7 nitrogen and oxygen atoms in total. The minimum Gasteiger partial charge on any atom is -0.484 e. The number of halogens is 2. The lowest BCUT2D eigenvalue weighted by Gasteiger charge is -2.36. The molecule has 146 valence electrons. The SMILES string of the molecule is O=C(COc1ccc2[nH]c(=O)[nH]c2c1)N1CCN(c2ccc(F)c(F)c2)CC1. The van der Waals surface area contributed by atoms with E-state index in [1.54, 1.807) is 23.1 Å². The Bertz CT molecular complexity index is 1070. The second-order valence-electron chi connectivity index (χ2n) is 6.54. The minimum atomic E-state index is -0.884. The van der Waals surface area contributed by atoms with Crippen LogP contribution in [0, 0.1) is 11.6 Å². The molecule has 2 heterocycles. The lowest BCUT2D eigenvalue weighted by molar-refractivity contribution is -0.133. The normalized spacial score (nSPS) is 14.5. The summed E-state index contributed by atoms with van der Waals surface area (Å²) in [5.41, 5.74) is 1.56. The maximum Gasteiger partial charge on any atom is 0.323 e. The zero-order chi connectivity index (χ0) is 19.7. The van der Waals surface area contributed by atoms with Gasteiger partial charge in [0.2, 0.25) is 0 Å². The van der Waals surface area contributed by atoms with E-state index < -0.39 is 11.6 Å². The number of aromatic nitrogens is 2. The molecule has 0 unspecified atom stereocenters. The summed E-state index contributed by atoms with van der Waals surface area (Å²) in [5.74, 6) is -1.44. The fraction of sp³-hybridized carbons (Fsp3) is 0.263. The Morgan fingerprint density at radius 3 is 2.46 bits per heavy atom. The van der Waals surface area contributed by atoms with Crippen LogP contribution < -0.4 is 15.3 Å². The quantitative estimate of drug-likeness (QED) is 0.715. The third-order valence-corrected chi connectivity index (χ3v) is 4.75. The highest BCUT2D eigenvalue weighted by atomic mass is 19.2. The van der Waals surface area contributed by atoms with Crippen molar-refractivity contribution in [2.24, 2.45) is 0 Å². The van der Waals surface area contributed by atoms with E-state index in [2.05, 4.69) is 9.97 Å². The first-order valence-electron chi connectivity index (χ1n) is 8.82. The van der Waals surface area contributed by atoms with Gasteiger partial charge in [-0.3, -0.25) is 4.79 Å². The number of nitrogens with zero attached hydrogens (tertiary/aromatic N) is 2. The fourth-order valence-electron chi connectivity index (χ4n) is 3.23. The number of amides is 1. The summed E-state index contributed by atoms with van der Waals surface area (Å²) in [4.78, 5) is 32.5. The number of rotatable bonds is 4. The van der Waals surface area contributed by atoms with Crippen molar-refractivity contribution in [2.45, 2.75) is 0 Å². The lowest BCUT2D eigenvalue weighted by Crippen LogP contribution is -2.50. The van der Waals surface area contributed by atoms with Crippen molar-refractivity contribution in [2.75, 3.05) is 37.7 Å². The zero-order valence-corrected chi connectivity index (χ0v) is 14.9. The van der Waals surface area contributed by atoms with E-state index in [1.807, 2.05) is 4.90 Å². The molecule has 1 aliphatic rings. The molecule has 2 N–H and O–H groups in total. The molecule has 1 saturated heterocycles. The number of piperazine rings is 1. The Morgan fingerprint density at radius 1 is 0.964 bits per heavy atom. The third kappa shape index (κ3) is 3.68. The summed E-state index contributed by atoms with van der Waals surface area (Å²) in [6.45, 7) is 1.85. The van der Waals surface area contributed by atoms with Gasteiger partial charge in [-0.1, -0.05) is 0 Å². The minimum absolute atomic E-state index is 0.120. The number of benzene rings is 2. The first kappa shape index (κ1) is 18.0. The molecular formula is C19H18F2N4O3. The molecule has 1 aromatic heterocycles. The standard InChI is InChI=1S/C19H18F2N4O3/c20-14-3-1-12(9-15(14)21)24-5-7-25(8-6-24)18(26)11-28-13-2-4-16-17(10-13)23-19(27)22-16/h1-4,9-10H,5-8,11H2,(H2,22,23,27). The molecule has 0 radical (unpaired) electrons. The topological polar surface area (TPSA) is 81.4 Å². The third-order valence-electron chi connectivity index (χ3n) is 4.75. The molecule has 0 saturated carbocycles. The van der Waals surface area contributed by atoms with Crippen LogP contribution in [-0.4, -0.2) is 53.6 Å². The van der Waals surface area contributed by atoms with Gasteiger partial charge < -0.3 is 24.5 Å². The largest absolute Gasteiger partial charge is 0.484 e. The van der Waals surface area contributed by atoms with Crippen molar-refractivity contribution in [1.29, 1.82) is 0 Å². The summed E-state index contributed by atoms with van der Waals surface area (Å²) < 4.78 is 32.0. The lowest BCUT2D eigenvalue weighted by atomic mass is 10.2. The smallest absolute Gasteiger partial charge is 0.323 e. The van der Waals surface area contributed by atoms with Crippen LogP contribution in [0.15, 0.2) is 41.2 Å². The van der Waals surface area contributed by atoms with E-state index in [1.165, 1.54) is 6.07 Å². The van der Waals surface area contributed by atoms with Crippen LogP contribution in [0.4, 0.5) is 14.5 Å². The number of anilines is 1. The first-order valence-corrected chi connectivity index (χ1v) is 8.82. The first-order chi connectivity index (χ1) is 13.5. The maximum absolute atomic E-state index is 13.4. The summed E-state index contributed by atoms with van der Waals surface area (Å²) in [5, 5.41) is 0. The number of hydrogen-bond donors (Lipinski definition) is 2. The summed E-state index contributed by atoms with van der Waals surface area (Å²) in [6.07, 6.45) is 0. The molecule has 0 aliphatic carbocycles. The Labute approximate surface area is 158 Å². The number of hydrogen-bond acceptors (Lipinski definition) is 4. The number of imidazole rings is 1. The van der Waals surface area contributed by atoms with Crippen LogP contribution in [-0.2, 0) is 4.79 Å². The van der Waals surface area contributed by atoms with E-state index in [0.29, 0.717) is 48.6 Å². The predicted octanol–water partition coefficient (Wildman–Crippen LogP) is 1.86. The van der Waals surface area contributed by atoms with Gasteiger partial charge in [-0.15, -0.1) is 0 Å². The highest BCUT2D eigenvalue weighted by molar-refractivity contribution is 5.79. The van der Waals surface area contributed by atoms with Gasteiger partial charge in [0.1, 0.15) is 5.75 Å². The summed E-state index contributed by atoms with van der Waals surface area (Å²) in [7, 11) is 0. The zero-order valence-electron chi connectivity index (χ0n) is 14.9. The molecule has 2 aromatic carbocycles. The Morgan fingerprint density at radius 2 is 1.71 bits per heavy atom. The Hall–Kier alpha value is -3.36. The van der Waals surface area contributed by atoms with Crippen LogP contribution in [0.3, 0.4) is 0 Å². The van der Waals surface area contributed by atoms with Gasteiger partial charge in [-0.2, -0.15) is 0 Å². The highest BCUT2D eigenvalue weighted by Gasteiger charge is 2.22. The fourth-order valence-corrected chi connectivity index (χ4v) is 3.23. The molecule has 0 spiro atoms. The predicted molar refractivity (Wildman–Crippen MR) is 99.6 cm³/mol. The van der Waals surface area contributed by atoms with E-state index in [9.17, 15) is 18.4 Å². The van der Waals surface area contributed by atoms with Crippen LogP contribution in [0.1, 0.15) is 0 Å². The maximum atomic E-state index is 13.4. The molecule has 1 amide bonds. The van der Waals surface area contributed by atoms with E-state index >= 15 is 0 Å². The number of carbonyl (C=O) groups is 1. The molecule has 4 rings (SSSR count). The average molecular weight is 388 g/mol. The monoisotopic (exact) mass is 388 g/mol. The Kier molecular flexibility index (Phi) is 4.72. The number of H-pyrrole nitrogens is 2. The van der Waals surface area contributed by atoms with Gasteiger partial charge in [-0.05, 0) is 24.3 Å². The van der Waals surface area contributed by atoms with Gasteiger partial charge in [-0.25, -0.2) is 13.6 Å². The van der Waals surface area contributed by atoms with Crippen LogP contribution in [0.2, 0.25) is 0 Å². The number of aromatic amines is 2. The van der Waals surface area contributed by atoms with Crippen molar-refractivity contribution in [1.82, 2.24) is 14.9 Å². The number of nitrogens with one attached hydrogen (secondary N) is 2. The second kappa shape index (κ2) is 7.34.